The van der Waals surface area contributed by atoms with Gasteiger partial charge < -0.3 is 4.74 Å². The summed E-state index contributed by atoms with van der Waals surface area (Å²) in [4.78, 5) is 12.8. The number of hydrogen-bond donors (Lipinski definition) is 0. The lowest BCUT2D eigenvalue weighted by Crippen LogP contribution is -2.42. The van der Waals surface area contributed by atoms with Crippen LogP contribution in [0, 0.1) is 0 Å². The second-order valence-corrected chi connectivity index (χ2v) is 6.98. The molecule has 0 aromatic heterocycles. The number of carbonyl (C=O) groups excluding carboxylic acids is 1. The first-order valence-corrected chi connectivity index (χ1v) is 7.52. The Labute approximate surface area is 128 Å². The van der Waals surface area contributed by atoms with E-state index in [1.54, 1.807) is 34.6 Å². The van der Waals surface area contributed by atoms with Crippen molar-refractivity contribution in [1.82, 2.24) is 4.90 Å². The van der Waals surface area contributed by atoms with Crippen LogP contribution in [0.2, 0.25) is 0 Å². The molecule has 0 aromatic carbocycles. The number of nitrogens with zero attached hydrogens (tertiary/aromatic N) is 1. The number of amides is 1. The molecule has 6 heteroatoms. The van der Waals surface area contributed by atoms with Gasteiger partial charge in [0, 0.05) is 13.0 Å². The molecule has 0 fully saturated rings. The van der Waals surface area contributed by atoms with Crippen LogP contribution in [-0.4, -0.2) is 34.0 Å². The lowest BCUT2D eigenvalue weighted by Gasteiger charge is -2.30. The Balaban J connectivity index is 4.73. The van der Waals surface area contributed by atoms with Crippen LogP contribution in [0.25, 0.3) is 0 Å². The Morgan fingerprint density at radius 1 is 1.40 bits per heavy atom. The van der Waals surface area contributed by atoms with E-state index in [0.29, 0.717) is 0 Å². The molecule has 0 aliphatic heterocycles. The molecule has 0 N–H and O–H groups in total. The predicted octanol–water partition coefficient (Wildman–Crippen LogP) is 4.96. The first kappa shape index (κ1) is 19.4. The second-order valence-electron chi connectivity index (χ2n) is 5.66. The van der Waals surface area contributed by atoms with Gasteiger partial charge in [-0.25, -0.2) is 13.6 Å². The summed E-state index contributed by atoms with van der Waals surface area (Å²) in [7, 11) is 0. The topological polar surface area (TPSA) is 29.5 Å². The maximum Gasteiger partial charge on any atom is 0.411 e. The lowest BCUT2D eigenvalue weighted by atomic mass is 10.1. The molecular weight excluding hydrogens is 332 g/mol. The minimum Gasteiger partial charge on any atom is -0.444 e. The van der Waals surface area contributed by atoms with E-state index >= 15 is 0 Å². The average molecular weight is 356 g/mol. The van der Waals surface area contributed by atoms with Gasteiger partial charge in [0.1, 0.15) is 5.60 Å². The third-order valence-corrected chi connectivity index (χ3v) is 3.16. The first-order valence-electron chi connectivity index (χ1n) is 6.60. The van der Waals surface area contributed by atoms with E-state index in [-0.39, 0.29) is 23.5 Å². The van der Waals surface area contributed by atoms with Crippen molar-refractivity contribution in [3.8, 4) is 0 Å². The van der Waals surface area contributed by atoms with Gasteiger partial charge in [-0.2, -0.15) is 0 Å². The van der Waals surface area contributed by atoms with Gasteiger partial charge in [-0.1, -0.05) is 29.4 Å². The number of ether oxygens (including phenoxy) is 1. The average Bonchev–Trinajstić information content (AvgIpc) is 2.24. The number of hydrogen-bond acceptors (Lipinski definition) is 2. The van der Waals surface area contributed by atoms with Crippen molar-refractivity contribution in [1.29, 1.82) is 0 Å². The third kappa shape index (κ3) is 6.68. The highest BCUT2D eigenvalue weighted by atomic mass is 79.9. The minimum absolute atomic E-state index is 0.104. The van der Waals surface area contributed by atoms with Gasteiger partial charge in [0.25, 0.3) is 5.92 Å². The van der Waals surface area contributed by atoms with Crippen LogP contribution in [0.4, 0.5) is 13.6 Å². The van der Waals surface area contributed by atoms with Crippen LogP contribution in [-0.2, 0) is 4.74 Å². The van der Waals surface area contributed by atoms with Crippen molar-refractivity contribution in [3.63, 3.8) is 0 Å². The van der Waals surface area contributed by atoms with E-state index in [4.69, 9.17) is 4.74 Å². The van der Waals surface area contributed by atoms with Gasteiger partial charge >= 0.3 is 6.09 Å². The Bertz CT molecular complexity index is 352. The van der Waals surface area contributed by atoms with E-state index in [0.717, 1.165) is 0 Å². The van der Waals surface area contributed by atoms with E-state index in [9.17, 15) is 13.6 Å². The van der Waals surface area contributed by atoms with Gasteiger partial charge in [-0.05, 0) is 39.7 Å². The van der Waals surface area contributed by atoms with Crippen molar-refractivity contribution >= 4 is 22.0 Å². The van der Waals surface area contributed by atoms with Gasteiger partial charge in [0.2, 0.25) is 0 Å². The van der Waals surface area contributed by atoms with Gasteiger partial charge in [-0.3, -0.25) is 4.90 Å². The zero-order valence-electron chi connectivity index (χ0n) is 12.8. The molecule has 118 valence electrons. The molecule has 0 aromatic rings. The molecule has 0 rings (SSSR count). The van der Waals surface area contributed by atoms with Gasteiger partial charge in [0.15, 0.2) is 0 Å². The molecule has 1 atom stereocenters. The summed E-state index contributed by atoms with van der Waals surface area (Å²) >= 11 is 3.23. The summed E-state index contributed by atoms with van der Waals surface area (Å²) in [5.41, 5.74) is -0.781. The Morgan fingerprint density at radius 3 is 2.25 bits per heavy atom. The van der Waals surface area contributed by atoms with Crippen molar-refractivity contribution in [3.05, 3.63) is 12.2 Å². The largest absolute Gasteiger partial charge is 0.444 e. The van der Waals surface area contributed by atoms with Crippen molar-refractivity contribution < 1.29 is 18.3 Å². The molecule has 0 bridgehead atoms. The molecule has 0 saturated heterocycles. The monoisotopic (exact) mass is 355 g/mol. The van der Waals surface area contributed by atoms with Crippen LogP contribution in [0.5, 0.6) is 0 Å². The standard InChI is InChI=1S/C14H24BrF2NO2/c1-7-10(2)14(16,17)8-9-18(11(3)15)12(19)20-13(4,5)6/h11H,2,7-9H2,1,3-6H3. The van der Waals surface area contributed by atoms with E-state index in [1.807, 2.05) is 0 Å². The lowest BCUT2D eigenvalue weighted by molar-refractivity contribution is 0.00236. The Hall–Kier alpha value is -0.650. The summed E-state index contributed by atoms with van der Waals surface area (Å²) in [6.07, 6.45) is -0.863. The summed E-state index contributed by atoms with van der Waals surface area (Å²) in [6.45, 7) is 11.8. The zero-order valence-corrected chi connectivity index (χ0v) is 14.4. The molecule has 0 radical (unpaired) electrons. The van der Waals surface area contributed by atoms with Crippen LogP contribution in [0.3, 0.4) is 0 Å². The summed E-state index contributed by atoms with van der Waals surface area (Å²) in [5, 5.41) is 0. The van der Waals surface area contributed by atoms with E-state index in [2.05, 4.69) is 22.5 Å². The van der Waals surface area contributed by atoms with E-state index in [1.165, 1.54) is 4.90 Å². The molecule has 1 amide bonds. The molecule has 1 unspecified atom stereocenters. The van der Waals surface area contributed by atoms with E-state index < -0.39 is 24.0 Å². The first-order chi connectivity index (χ1) is 8.90. The SMILES string of the molecule is C=C(CC)C(F)(F)CCN(C(=O)OC(C)(C)C)C(C)Br. The fraction of sp³-hybridized carbons (Fsp3) is 0.786. The summed E-state index contributed by atoms with van der Waals surface area (Å²) in [6, 6.07) is 0. The molecule has 0 heterocycles. The number of carbonyl (C=O) groups is 1. The highest BCUT2D eigenvalue weighted by molar-refractivity contribution is 9.09. The molecule has 0 aliphatic rings. The van der Waals surface area contributed by atoms with Crippen LogP contribution in [0.1, 0.15) is 47.5 Å². The zero-order chi connectivity index (χ0) is 16.1. The second kappa shape index (κ2) is 7.38. The highest BCUT2D eigenvalue weighted by Crippen LogP contribution is 2.29. The quantitative estimate of drug-likeness (QED) is 0.383. The van der Waals surface area contributed by atoms with Crippen molar-refractivity contribution in [2.24, 2.45) is 0 Å². The molecule has 0 aliphatic carbocycles. The van der Waals surface area contributed by atoms with Crippen LogP contribution < -0.4 is 0 Å². The number of halogens is 3. The maximum atomic E-state index is 13.7. The Kier molecular flexibility index (Phi) is 7.14. The highest BCUT2D eigenvalue weighted by Gasteiger charge is 2.34. The minimum atomic E-state index is -2.98. The number of allylic oxidation sites excluding steroid dienone is 1. The predicted molar refractivity (Wildman–Crippen MR) is 80.3 cm³/mol. The summed E-state index contributed by atoms with van der Waals surface area (Å²) in [5.74, 6) is -2.98. The molecule has 0 saturated carbocycles. The van der Waals surface area contributed by atoms with Crippen molar-refractivity contribution in [2.45, 2.75) is 63.9 Å². The maximum absolute atomic E-state index is 13.7. The Morgan fingerprint density at radius 2 is 1.90 bits per heavy atom. The number of alkyl halides is 3. The fourth-order valence-electron chi connectivity index (χ4n) is 1.43. The fourth-order valence-corrected chi connectivity index (χ4v) is 1.80. The molecule has 3 nitrogen and oxygen atoms in total. The number of rotatable bonds is 6. The molecule has 0 spiro atoms. The smallest absolute Gasteiger partial charge is 0.411 e. The van der Waals surface area contributed by atoms with Crippen LogP contribution >= 0.6 is 15.9 Å². The molecular formula is C14H24BrF2NO2. The summed E-state index contributed by atoms with van der Waals surface area (Å²) < 4.78 is 32.7. The van der Waals surface area contributed by atoms with Gasteiger partial charge in [0.05, 0.1) is 4.95 Å². The van der Waals surface area contributed by atoms with Crippen molar-refractivity contribution in [2.75, 3.05) is 6.54 Å². The normalized spacial score (nSPS) is 13.8. The van der Waals surface area contributed by atoms with Gasteiger partial charge in [-0.15, -0.1) is 0 Å². The van der Waals surface area contributed by atoms with Crippen LogP contribution in [0.15, 0.2) is 12.2 Å². The molecule has 20 heavy (non-hydrogen) atoms. The third-order valence-electron chi connectivity index (χ3n) is 2.67.